The molecule has 4 rings (SSSR count). The predicted octanol–water partition coefficient (Wildman–Crippen LogP) is 7.40. The predicted molar refractivity (Wildman–Crippen MR) is 115 cm³/mol. The monoisotopic (exact) mass is 369 g/mol. The molecule has 0 radical (unpaired) electrons. The van der Waals surface area contributed by atoms with Gasteiger partial charge in [0.05, 0.1) is 10.7 Å². The van der Waals surface area contributed by atoms with Crippen LogP contribution in [-0.4, -0.2) is 0 Å². The first kappa shape index (κ1) is 17.4. The van der Waals surface area contributed by atoms with E-state index < -0.39 is 0 Å². The van der Waals surface area contributed by atoms with Gasteiger partial charge in [-0.05, 0) is 47.9 Å². The Morgan fingerprint density at radius 3 is 1.63 bits per heavy atom. The molecule has 0 spiro atoms. The maximum Gasteiger partial charge on any atom is 0.0682 e. The molecule has 0 saturated heterocycles. The summed E-state index contributed by atoms with van der Waals surface area (Å²) in [6, 6.07) is 37.4. The molecule has 0 unspecified atom stereocenters. The van der Waals surface area contributed by atoms with Crippen LogP contribution in [0.2, 0.25) is 5.02 Å². The van der Waals surface area contributed by atoms with E-state index in [1.54, 1.807) is 0 Å². The number of rotatable bonds is 5. The fraction of sp³-hybridized carbons (Fsp3) is 0.0400. The first-order valence-electron chi connectivity index (χ1n) is 9.04. The van der Waals surface area contributed by atoms with Gasteiger partial charge in [-0.15, -0.1) is 0 Å². The summed E-state index contributed by atoms with van der Waals surface area (Å²) in [5, 5.41) is 0.786. The van der Waals surface area contributed by atoms with Gasteiger partial charge in [0.15, 0.2) is 0 Å². The zero-order valence-corrected chi connectivity index (χ0v) is 15.7. The first-order valence-corrected chi connectivity index (χ1v) is 9.42. The van der Waals surface area contributed by atoms with Crippen molar-refractivity contribution in [2.75, 3.05) is 4.90 Å². The van der Waals surface area contributed by atoms with E-state index in [1.807, 2.05) is 42.5 Å². The van der Waals surface area contributed by atoms with E-state index in [2.05, 4.69) is 71.6 Å². The lowest BCUT2D eigenvalue weighted by molar-refractivity contribution is 1.18. The Morgan fingerprint density at radius 1 is 0.556 bits per heavy atom. The molecule has 4 aromatic carbocycles. The van der Waals surface area contributed by atoms with Crippen LogP contribution >= 0.6 is 11.6 Å². The van der Waals surface area contributed by atoms with Crippen LogP contribution in [0, 0.1) is 0 Å². The second kappa shape index (κ2) is 8.11. The smallest absolute Gasteiger partial charge is 0.0682 e. The van der Waals surface area contributed by atoms with Gasteiger partial charge in [-0.1, -0.05) is 90.5 Å². The van der Waals surface area contributed by atoms with E-state index in [1.165, 1.54) is 5.56 Å². The van der Waals surface area contributed by atoms with Gasteiger partial charge in [0.1, 0.15) is 0 Å². The molecule has 0 amide bonds. The van der Waals surface area contributed by atoms with Crippen LogP contribution in [0.4, 0.5) is 17.1 Å². The molecule has 0 aliphatic heterocycles. The Balaban J connectivity index is 1.80. The third kappa shape index (κ3) is 3.89. The molecule has 4 aromatic rings. The van der Waals surface area contributed by atoms with Gasteiger partial charge in [-0.25, -0.2) is 0 Å². The molecule has 2 heteroatoms. The summed E-state index contributed by atoms with van der Waals surface area (Å²) in [5.74, 6) is 0. The average molecular weight is 370 g/mol. The minimum atomic E-state index is 0.786. The highest BCUT2D eigenvalue weighted by Gasteiger charge is 2.17. The van der Waals surface area contributed by atoms with E-state index in [0.29, 0.717) is 0 Å². The molecule has 27 heavy (non-hydrogen) atoms. The van der Waals surface area contributed by atoms with Crippen LogP contribution in [0.1, 0.15) is 11.1 Å². The van der Waals surface area contributed by atoms with Gasteiger partial charge in [-0.2, -0.15) is 0 Å². The van der Waals surface area contributed by atoms with Gasteiger partial charge in [0.25, 0.3) is 0 Å². The second-order valence-electron chi connectivity index (χ2n) is 6.42. The molecule has 0 heterocycles. The largest absolute Gasteiger partial charge is 0.309 e. The molecule has 0 aliphatic carbocycles. The summed E-state index contributed by atoms with van der Waals surface area (Å²) >= 11 is 6.91. The second-order valence-corrected chi connectivity index (χ2v) is 6.80. The molecule has 0 aliphatic rings. The van der Waals surface area contributed by atoms with Gasteiger partial charge in [0.2, 0.25) is 0 Å². The number of hydrogen-bond donors (Lipinski definition) is 0. The zero-order chi connectivity index (χ0) is 18.5. The maximum atomic E-state index is 6.91. The quantitative estimate of drug-likeness (QED) is 0.354. The molecule has 0 bridgehead atoms. The summed E-state index contributed by atoms with van der Waals surface area (Å²) < 4.78 is 0. The minimum absolute atomic E-state index is 0.786. The highest BCUT2D eigenvalue weighted by molar-refractivity contribution is 6.34. The Hall–Kier alpha value is -3.03. The maximum absolute atomic E-state index is 6.91. The first-order chi connectivity index (χ1) is 13.3. The highest BCUT2D eigenvalue weighted by Crippen LogP contribution is 2.40. The van der Waals surface area contributed by atoms with Crippen LogP contribution in [0.5, 0.6) is 0 Å². The van der Waals surface area contributed by atoms with E-state index in [9.17, 15) is 0 Å². The van der Waals surface area contributed by atoms with Crippen molar-refractivity contribution in [3.63, 3.8) is 0 Å². The summed E-state index contributed by atoms with van der Waals surface area (Å²) in [7, 11) is 0. The fourth-order valence-corrected chi connectivity index (χ4v) is 3.55. The SMILES string of the molecule is Clc1c(Cc2ccccc2)cccc1N(c1ccccc1)c1ccccc1. The minimum Gasteiger partial charge on any atom is -0.309 e. The fourth-order valence-electron chi connectivity index (χ4n) is 3.27. The van der Waals surface area contributed by atoms with Crippen LogP contribution in [0.15, 0.2) is 109 Å². The molecular weight excluding hydrogens is 350 g/mol. The van der Waals surface area contributed by atoms with Gasteiger partial charge in [-0.3, -0.25) is 0 Å². The van der Waals surface area contributed by atoms with Crippen molar-refractivity contribution in [3.05, 3.63) is 125 Å². The average Bonchev–Trinajstić information content (AvgIpc) is 2.73. The topological polar surface area (TPSA) is 3.24 Å². The Morgan fingerprint density at radius 2 is 1.07 bits per heavy atom. The van der Waals surface area contributed by atoms with Crippen molar-refractivity contribution in [1.82, 2.24) is 0 Å². The summed E-state index contributed by atoms with van der Waals surface area (Å²) in [6.07, 6.45) is 0.810. The third-order valence-corrected chi connectivity index (χ3v) is 5.00. The highest BCUT2D eigenvalue weighted by atomic mass is 35.5. The van der Waals surface area contributed by atoms with E-state index in [-0.39, 0.29) is 0 Å². The molecule has 0 aromatic heterocycles. The lowest BCUT2D eigenvalue weighted by Crippen LogP contribution is -2.11. The normalized spacial score (nSPS) is 10.6. The van der Waals surface area contributed by atoms with Gasteiger partial charge in [0, 0.05) is 11.4 Å². The summed E-state index contributed by atoms with van der Waals surface area (Å²) in [4.78, 5) is 2.21. The lowest BCUT2D eigenvalue weighted by Gasteiger charge is -2.27. The third-order valence-electron chi connectivity index (χ3n) is 4.57. The van der Waals surface area contributed by atoms with Crippen LogP contribution in [0.3, 0.4) is 0 Å². The molecule has 1 nitrogen and oxygen atoms in total. The van der Waals surface area contributed by atoms with E-state index in [4.69, 9.17) is 11.6 Å². The lowest BCUT2D eigenvalue weighted by atomic mass is 10.0. The standard InChI is InChI=1S/C25H20ClN/c26-25-21(19-20-11-4-1-5-12-20)13-10-18-24(25)27(22-14-6-2-7-15-22)23-16-8-3-9-17-23/h1-18H,19H2. The summed E-state index contributed by atoms with van der Waals surface area (Å²) in [5.41, 5.74) is 5.53. The molecular formula is C25H20ClN. The van der Waals surface area contributed by atoms with Crippen molar-refractivity contribution < 1.29 is 0 Å². The Labute approximate surface area is 165 Å². The van der Waals surface area contributed by atoms with E-state index in [0.717, 1.165) is 34.1 Å². The van der Waals surface area contributed by atoms with E-state index >= 15 is 0 Å². The van der Waals surface area contributed by atoms with Crippen molar-refractivity contribution in [3.8, 4) is 0 Å². The van der Waals surface area contributed by atoms with Crippen molar-refractivity contribution in [1.29, 1.82) is 0 Å². The molecule has 0 fully saturated rings. The Bertz CT molecular complexity index is 959. The van der Waals surface area contributed by atoms with Crippen molar-refractivity contribution in [2.45, 2.75) is 6.42 Å². The van der Waals surface area contributed by atoms with Crippen LogP contribution < -0.4 is 4.90 Å². The molecule has 132 valence electrons. The number of nitrogens with zero attached hydrogens (tertiary/aromatic N) is 1. The van der Waals surface area contributed by atoms with Crippen molar-refractivity contribution in [2.24, 2.45) is 0 Å². The van der Waals surface area contributed by atoms with Gasteiger partial charge >= 0.3 is 0 Å². The number of hydrogen-bond acceptors (Lipinski definition) is 1. The Kier molecular flexibility index (Phi) is 5.22. The molecule has 0 N–H and O–H groups in total. The van der Waals surface area contributed by atoms with Gasteiger partial charge < -0.3 is 4.90 Å². The molecule has 0 saturated carbocycles. The van der Waals surface area contributed by atoms with Crippen LogP contribution in [-0.2, 0) is 6.42 Å². The summed E-state index contributed by atoms with van der Waals surface area (Å²) in [6.45, 7) is 0. The number of halogens is 1. The van der Waals surface area contributed by atoms with Crippen LogP contribution in [0.25, 0.3) is 0 Å². The number of anilines is 3. The van der Waals surface area contributed by atoms with Crippen molar-refractivity contribution >= 4 is 28.7 Å². The number of para-hydroxylation sites is 2. The zero-order valence-electron chi connectivity index (χ0n) is 14.9. The number of benzene rings is 4. The molecule has 0 atom stereocenters.